The molecule has 1 unspecified atom stereocenters. The number of aromatic nitrogens is 2. The summed E-state index contributed by atoms with van der Waals surface area (Å²) in [5, 5.41) is -1.58. The van der Waals surface area contributed by atoms with Crippen LogP contribution in [0.15, 0.2) is 48.5 Å². The molecule has 4 aromatic rings. The Balaban J connectivity index is 1.86. The Morgan fingerprint density at radius 2 is 1.75 bits per heavy atom. The first-order valence-corrected chi connectivity index (χ1v) is 14.5. The van der Waals surface area contributed by atoms with E-state index in [1.165, 1.54) is 47.0 Å². The quantitative estimate of drug-likeness (QED) is 0.191. The molecular weight excluding hydrogens is 538 g/mol. The zero-order valence-electron chi connectivity index (χ0n) is 21.8. The normalized spacial score (nSPS) is 15.5. The molecule has 3 aromatic carbocycles. The molecule has 0 N–H and O–H groups in total. The van der Waals surface area contributed by atoms with Crippen LogP contribution in [0.2, 0.25) is 0 Å². The number of nitrogens with zero attached hydrogens (tertiary/aromatic N) is 3. The van der Waals surface area contributed by atoms with Gasteiger partial charge >= 0.3 is 6.61 Å². The molecule has 0 aliphatic carbocycles. The minimum absolute atomic E-state index is 0.0495. The molecule has 0 bridgehead atoms. The molecule has 13 heteroatoms. The number of halogens is 4. The van der Waals surface area contributed by atoms with E-state index in [1.807, 2.05) is 13.3 Å². The van der Waals surface area contributed by atoms with E-state index in [0.717, 1.165) is 4.90 Å². The Labute approximate surface area is 233 Å². The van der Waals surface area contributed by atoms with Crippen LogP contribution in [-0.2, 0) is 0 Å². The van der Waals surface area contributed by atoms with Crippen LogP contribution in [0.1, 0.15) is 35.6 Å². The topological polar surface area (TPSA) is 47.4 Å². The number of carbonyl (C=O) groups excluding carboxylic acids is 1. The van der Waals surface area contributed by atoms with Gasteiger partial charge in [0.2, 0.25) is 0 Å². The predicted molar refractivity (Wildman–Crippen MR) is 151 cm³/mol. The summed E-state index contributed by atoms with van der Waals surface area (Å²) in [6.07, 6.45) is 0.246. The molecule has 1 aliphatic rings. The molecule has 198 valence electrons. The van der Waals surface area contributed by atoms with Gasteiger partial charge in [-0.3, -0.25) is 9.36 Å². The molecule has 0 saturated heterocycles. The summed E-state index contributed by atoms with van der Waals surface area (Å²) in [5.74, 6) is -2.32. The first-order chi connectivity index (χ1) is 18.8. The highest BCUT2D eigenvalue weighted by Gasteiger charge is 2.41. The van der Waals surface area contributed by atoms with Gasteiger partial charge in [-0.1, -0.05) is 32.2 Å². The predicted octanol–water partition coefficient (Wildman–Crippen LogP) is 4.96. The van der Waals surface area contributed by atoms with E-state index in [4.69, 9.17) is 28.3 Å². The van der Waals surface area contributed by atoms with Crippen molar-refractivity contribution in [3.63, 3.8) is 0 Å². The first-order valence-electron chi connectivity index (χ1n) is 12.3. The number of hydrogen-bond acceptors (Lipinski definition) is 3. The number of benzene rings is 3. The maximum absolute atomic E-state index is 15.2. The minimum atomic E-state index is -3.21. The summed E-state index contributed by atoms with van der Waals surface area (Å²) in [6, 6.07) is 10.3. The third-order valence-electron chi connectivity index (χ3n) is 6.81. The average Bonchev–Trinajstić information content (AvgIpc) is 3.18. The number of carbonyl (C=O) groups is 1. The molecule has 1 amide bonds. The number of rotatable bonds is 6. The molecule has 1 aliphatic heterocycles. The standard InChI is InChI=1S/C27H21B3F4N3O2P/c1-4-19-24-35-18-9-8-13(22-16(31)11-14(40(2)3)12-17(22)32)10-20(18)36(24)23-15(25(38)37(19)27(28,29)30)6-5-7-21(23)39-26(33)34/h5-12,19,26H,4H2,1-3H3. The van der Waals surface area contributed by atoms with E-state index in [0.29, 0.717) is 16.3 Å². The van der Waals surface area contributed by atoms with Crippen LogP contribution in [0.4, 0.5) is 17.6 Å². The number of alkyl halides is 2. The number of hydrogen-bond donors (Lipinski definition) is 0. The highest BCUT2D eigenvalue weighted by atomic mass is 31.1. The monoisotopic (exact) mass is 559 g/mol. The highest BCUT2D eigenvalue weighted by molar-refractivity contribution is 7.64. The van der Waals surface area contributed by atoms with E-state index in [2.05, 4.69) is 4.98 Å². The van der Waals surface area contributed by atoms with Crippen molar-refractivity contribution < 1.29 is 27.1 Å². The molecule has 2 heterocycles. The van der Waals surface area contributed by atoms with Gasteiger partial charge in [-0.2, -0.15) is 8.78 Å². The van der Waals surface area contributed by atoms with Crippen molar-refractivity contribution in [1.29, 1.82) is 0 Å². The second-order valence-electron chi connectivity index (χ2n) is 9.71. The van der Waals surface area contributed by atoms with Crippen molar-refractivity contribution in [3.05, 3.63) is 71.6 Å². The fourth-order valence-electron chi connectivity index (χ4n) is 5.12. The van der Waals surface area contributed by atoms with Gasteiger partial charge < -0.3 is 9.64 Å². The Kier molecular flexibility index (Phi) is 7.28. The molecule has 0 saturated carbocycles. The van der Waals surface area contributed by atoms with Crippen LogP contribution in [0.5, 0.6) is 5.75 Å². The van der Waals surface area contributed by atoms with Crippen LogP contribution in [0.25, 0.3) is 27.8 Å². The smallest absolute Gasteiger partial charge is 0.387 e. The number of para-hydroxylation sites is 1. The lowest BCUT2D eigenvalue weighted by Gasteiger charge is -2.41. The van der Waals surface area contributed by atoms with Crippen molar-refractivity contribution >= 4 is 53.7 Å². The van der Waals surface area contributed by atoms with Crippen LogP contribution in [0.3, 0.4) is 0 Å². The maximum atomic E-state index is 15.2. The van der Waals surface area contributed by atoms with Crippen LogP contribution >= 0.6 is 7.92 Å². The summed E-state index contributed by atoms with van der Waals surface area (Å²) in [4.78, 5) is 19.5. The summed E-state index contributed by atoms with van der Waals surface area (Å²) >= 11 is 0. The molecule has 5 rings (SSSR count). The van der Waals surface area contributed by atoms with Gasteiger partial charge in [0.25, 0.3) is 5.91 Å². The second kappa shape index (κ2) is 10.3. The Bertz CT molecular complexity index is 1620. The van der Waals surface area contributed by atoms with Gasteiger partial charge in [0.15, 0.2) is 5.75 Å². The largest absolute Gasteiger partial charge is 0.433 e. The van der Waals surface area contributed by atoms with Crippen molar-refractivity contribution in [2.24, 2.45) is 0 Å². The highest BCUT2D eigenvalue weighted by Crippen LogP contribution is 2.43. The minimum Gasteiger partial charge on any atom is -0.433 e. The molecule has 1 aromatic heterocycles. The molecule has 0 spiro atoms. The first kappa shape index (κ1) is 28.3. The molecule has 6 radical (unpaired) electrons. The molecule has 1 atom stereocenters. The van der Waals surface area contributed by atoms with Gasteiger partial charge in [-0.15, -0.1) is 0 Å². The maximum Gasteiger partial charge on any atom is 0.387 e. The Morgan fingerprint density at radius 3 is 2.33 bits per heavy atom. The van der Waals surface area contributed by atoms with Crippen LogP contribution in [0, 0.1) is 11.6 Å². The van der Waals surface area contributed by atoms with E-state index in [9.17, 15) is 13.6 Å². The summed E-state index contributed by atoms with van der Waals surface area (Å²) in [7, 11) is 17.3. The molecule has 40 heavy (non-hydrogen) atoms. The SMILES string of the molecule is [B]C([B])([B])N1C(=O)c2cccc(OC(F)F)c2-n2c(nc3ccc(-c4c(F)cc(P(C)C)cc4F)cc32)C1CC. The summed E-state index contributed by atoms with van der Waals surface area (Å²) in [5.41, 5.74) is 0.467. The molecule has 0 fully saturated rings. The van der Waals surface area contributed by atoms with Gasteiger partial charge in [-0.05, 0) is 67.0 Å². The van der Waals surface area contributed by atoms with Gasteiger partial charge in [-0.25, -0.2) is 13.8 Å². The van der Waals surface area contributed by atoms with Crippen molar-refractivity contribution in [1.82, 2.24) is 14.5 Å². The van der Waals surface area contributed by atoms with Gasteiger partial charge in [0.05, 0.1) is 51.7 Å². The zero-order valence-corrected chi connectivity index (χ0v) is 22.7. The Morgan fingerprint density at radius 1 is 1.07 bits per heavy atom. The fraction of sp³-hybridized carbons (Fsp3) is 0.259. The second-order valence-corrected chi connectivity index (χ2v) is 12.0. The van der Waals surface area contributed by atoms with Crippen molar-refractivity contribution in [3.8, 4) is 22.6 Å². The van der Waals surface area contributed by atoms with E-state index >= 15 is 8.78 Å². The van der Waals surface area contributed by atoms with Crippen LogP contribution < -0.4 is 10.0 Å². The van der Waals surface area contributed by atoms with Crippen LogP contribution in [-0.4, -0.2) is 69.1 Å². The van der Waals surface area contributed by atoms with E-state index < -0.39 is 43.4 Å². The third-order valence-corrected chi connectivity index (χ3v) is 8.10. The van der Waals surface area contributed by atoms with Gasteiger partial charge in [0, 0.05) is 0 Å². The number of imidazole rings is 1. The lowest BCUT2D eigenvalue weighted by molar-refractivity contribution is -0.0498. The Hall–Kier alpha value is -3.26. The van der Waals surface area contributed by atoms with Crippen molar-refractivity contribution in [2.45, 2.75) is 31.2 Å². The molecule has 5 nitrogen and oxygen atoms in total. The number of fused-ring (bicyclic) bond motifs is 5. The van der Waals surface area contributed by atoms with E-state index in [-0.39, 0.29) is 40.4 Å². The van der Waals surface area contributed by atoms with E-state index in [1.54, 1.807) is 13.0 Å². The average molecular weight is 559 g/mol. The zero-order chi connectivity index (χ0) is 29.1. The van der Waals surface area contributed by atoms with Crippen molar-refractivity contribution in [2.75, 3.05) is 13.3 Å². The summed E-state index contributed by atoms with van der Waals surface area (Å²) in [6.45, 7) is 2.32. The number of amides is 1. The fourth-order valence-corrected chi connectivity index (χ4v) is 5.86. The van der Waals surface area contributed by atoms with Gasteiger partial charge in [0.1, 0.15) is 23.1 Å². The number of ether oxygens (including phenoxy) is 1. The lowest BCUT2D eigenvalue weighted by Crippen LogP contribution is -2.54. The lowest BCUT2D eigenvalue weighted by atomic mass is 9.48. The summed E-state index contributed by atoms with van der Waals surface area (Å²) < 4.78 is 63.7. The molecular formula is C27H21B3F4N3O2P. The third kappa shape index (κ3) is 4.70.